The Bertz CT molecular complexity index is 904. The van der Waals surface area contributed by atoms with E-state index in [1.54, 1.807) is 26.4 Å². The fourth-order valence-corrected chi connectivity index (χ4v) is 2.80. The highest BCUT2D eigenvalue weighted by molar-refractivity contribution is 6.00. The zero-order chi connectivity index (χ0) is 17.8. The molecule has 1 aromatic carbocycles. The fraction of sp³-hybridized carbons (Fsp3) is 0.278. The molecule has 0 unspecified atom stereocenters. The highest BCUT2D eigenvalue weighted by Gasteiger charge is 2.16. The van der Waals surface area contributed by atoms with Crippen molar-refractivity contribution in [2.45, 2.75) is 19.9 Å². The van der Waals surface area contributed by atoms with E-state index in [4.69, 9.17) is 4.74 Å². The van der Waals surface area contributed by atoms with Crippen molar-refractivity contribution in [1.82, 2.24) is 20.1 Å². The van der Waals surface area contributed by atoms with Crippen LogP contribution < -0.4 is 15.4 Å². The van der Waals surface area contributed by atoms with Crippen LogP contribution in [0.4, 0.5) is 11.4 Å². The monoisotopic (exact) mass is 339 g/mol. The highest BCUT2D eigenvalue weighted by atomic mass is 16.5. The molecule has 0 bridgehead atoms. The van der Waals surface area contributed by atoms with Crippen molar-refractivity contribution in [1.29, 1.82) is 0 Å². The van der Waals surface area contributed by atoms with Crippen LogP contribution in [0.3, 0.4) is 0 Å². The summed E-state index contributed by atoms with van der Waals surface area (Å²) in [7, 11) is 3.23. The van der Waals surface area contributed by atoms with Gasteiger partial charge in [0, 0.05) is 31.4 Å². The number of benzene rings is 1. The van der Waals surface area contributed by atoms with Crippen molar-refractivity contribution < 1.29 is 9.53 Å². The topological polar surface area (TPSA) is 81.1 Å². The van der Waals surface area contributed by atoms with E-state index in [2.05, 4.69) is 27.6 Å². The summed E-state index contributed by atoms with van der Waals surface area (Å²) in [5.41, 5.74) is 2.83. The van der Waals surface area contributed by atoms with E-state index in [0.29, 0.717) is 17.0 Å². The molecule has 0 radical (unpaired) electrons. The Labute approximate surface area is 146 Å². The van der Waals surface area contributed by atoms with Crippen LogP contribution in [0, 0.1) is 0 Å². The number of nitrogens with zero attached hydrogens (tertiary/aromatic N) is 3. The Morgan fingerprint density at radius 1 is 1.24 bits per heavy atom. The van der Waals surface area contributed by atoms with Crippen LogP contribution in [0.1, 0.15) is 23.7 Å². The number of amides is 1. The van der Waals surface area contributed by atoms with Gasteiger partial charge in [0.05, 0.1) is 30.2 Å². The normalized spacial score (nSPS) is 10.7. The number of rotatable bonds is 6. The maximum Gasteiger partial charge on any atom is 0.254 e. The molecule has 0 spiro atoms. The lowest BCUT2D eigenvalue weighted by Crippen LogP contribution is -2.19. The summed E-state index contributed by atoms with van der Waals surface area (Å²) in [6.45, 7) is 2.91. The molecule has 2 heterocycles. The third kappa shape index (κ3) is 3.13. The summed E-state index contributed by atoms with van der Waals surface area (Å²) in [4.78, 5) is 16.1. The van der Waals surface area contributed by atoms with Gasteiger partial charge in [0.15, 0.2) is 5.75 Å². The minimum atomic E-state index is -0.202. The minimum Gasteiger partial charge on any atom is -0.492 e. The molecular formula is C18H21N5O2. The standard InChI is InChI=1S/C18H21N5O2/c1-4-9-23-16-12(10-21-23)5-6-15(17(16)25-3)22-14-7-8-20-11-13(14)18(24)19-2/h5-8,10-11H,4,9H2,1-3H3,(H,19,24)(H,20,22). The largest absolute Gasteiger partial charge is 0.492 e. The maximum atomic E-state index is 12.1. The predicted molar refractivity (Wildman–Crippen MR) is 97.5 cm³/mol. The summed E-state index contributed by atoms with van der Waals surface area (Å²) in [5, 5.41) is 11.4. The van der Waals surface area contributed by atoms with Gasteiger partial charge in [0.1, 0.15) is 5.52 Å². The molecule has 1 amide bonds. The smallest absolute Gasteiger partial charge is 0.254 e. The molecule has 0 aliphatic heterocycles. The molecule has 0 atom stereocenters. The average Bonchev–Trinajstić information content (AvgIpc) is 3.05. The molecule has 0 saturated heterocycles. The summed E-state index contributed by atoms with van der Waals surface area (Å²) in [6.07, 6.45) is 5.98. The van der Waals surface area contributed by atoms with Gasteiger partial charge < -0.3 is 15.4 Å². The first-order chi connectivity index (χ1) is 12.2. The van der Waals surface area contributed by atoms with Crippen LogP contribution in [0.2, 0.25) is 0 Å². The number of nitrogens with one attached hydrogen (secondary N) is 2. The first-order valence-electron chi connectivity index (χ1n) is 8.15. The Balaban J connectivity index is 2.08. The predicted octanol–water partition coefficient (Wildman–Crippen LogP) is 2.95. The Kier molecular flexibility index (Phi) is 4.83. The van der Waals surface area contributed by atoms with Crippen LogP contribution in [0.25, 0.3) is 10.9 Å². The molecule has 2 aromatic heterocycles. The summed E-state index contributed by atoms with van der Waals surface area (Å²) in [5.74, 6) is 0.495. The Morgan fingerprint density at radius 3 is 2.80 bits per heavy atom. The Morgan fingerprint density at radius 2 is 2.08 bits per heavy atom. The van der Waals surface area contributed by atoms with Gasteiger partial charge in [-0.2, -0.15) is 5.10 Å². The molecule has 2 N–H and O–H groups in total. The number of methoxy groups -OCH3 is 1. The number of carbonyl (C=O) groups is 1. The van der Waals surface area contributed by atoms with Gasteiger partial charge in [0.2, 0.25) is 0 Å². The van der Waals surface area contributed by atoms with E-state index in [1.165, 1.54) is 6.20 Å². The van der Waals surface area contributed by atoms with E-state index in [1.807, 2.05) is 23.0 Å². The molecule has 7 nitrogen and oxygen atoms in total. The highest BCUT2D eigenvalue weighted by Crippen LogP contribution is 2.36. The number of aromatic nitrogens is 3. The summed E-state index contributed by atoms with van der Waals surface area (Å²) >= 11 is 0. The first-order valence-corrected chi connectivity index (χ1v) is 8.15. The molecular weight excluding hydrogens is 318 g/mol. The van der Waals surface area contributed by atoms with Crippen molar-refractivity contribution >= 4 is 28.2 Å². The van der Waals surface area contributed by atoms with Crippen molar-refractivity contribution in [3.63, 3.8) is 0 Å². The Hall–Kier alpha value is -3.09. The maximum absolute atomic E-state index is 12.1. The van der Waals surface area contributed by atoms with Crippen LogP contribution in [0.5, 0.6) is 5.75 Å². The summed E-state index contributed by atoms with van der Waals surface area (Å²) < 4.78 is 7.60. The zero-order valence-corrected chi connectivity index (χ0v) is 14.5. The number of hydrogen-bond acceptors (Lipinski definition) is 5. The molecule has 3 aromatic rings. The van der Waals surface area contributed by atoms with Gasteiger partial charge in [-0.15, -0.1) is 0 Å². The quantitative estimate of drug-likeness (QED) is 0.722. The second kappa shape index (κ2) is 7.21. The minimum absolute atomic E-state index is 0.202. The lowest BCUT2D eigenvalue weighted by molar-refractivity contribution is 0.0963. The van der Waals surface area contributed by atoms with Crippen molar-refractivity contribution in [2.75, 3.05) is 19.5 Å². The van der Waals surface area contributed by atoms with Gasteiger partial charge >= 0.3 is 0 Å². The second-order valence-corrected chi connectivity index (χ2v) is 5.58. The molecule has 0 saturated carbocycles. The van der Waals surface area contributed by atoms with E-state index in [0.717, 1.165) is 29.6 Å². The lowest BCUT2D eigenvalue weighted by Gasteiger charge is -2.15. The third-order valence-corrected chi connectivity index (χ3v) is 3.96. The van der Waals surface area contributed by atoms with Gasteiger partial charge in [-0.3, -0.25) is 14.5 Å². The van der Waals surface area contributed by atoms with Gasteiger partial charge in [-0.1, -0.05) is 6.92 Å². The van der Waals surface area contributed by atoms with Crippen LogP contribution >= 0.6 is 0 Å². The van der Waals surface area contributed by atoms with Crippen molar-refractivity contribution in [3.05, 3.63) is 42.4 Å². The van der Waals surface area contributed by atoms with Crippen LogP contribution in [-0.4, -0.2) is 34.8 Å². The molecule has 0 aliphatic carbocycles. The number of aryl methyl sites for hydroxylation is 1. The third-order valence-electron chi connectivity index (χ3n) is 3.96. The van der Waals surface area contributed by atoms with Crippen LogP contribution in [0.15, 0.2) is 36.8 Å². The first kappa shape index (κ1) is 16.8. The van der Waals surface area contributed by atoms with Crippen LogP contribution in [-0.2, 0) is 6.54 Å². The average molecular weight is 339 g/mol. The molecule has 0 fully saturated rings. The number of carbonyl (C=O) groups excluding carboxylic acids is 1. The SMILES string of the molecule is CCCn1ncc2ccc(Nc3ccncc3C(=O)NC)c(OC)c21. The van der Waals surface area contributed by atoms with Gasteiger partial charge in [-0.25, -0.2) is 0 Å². The number of ether oxygens (including phenoxy) is 1. The summed E-state index contributed by atoms with van der Waals surface area (Å²) in [6, 6.07) is 5.67. The number of anilines is 2. The molecule has 0 aliphatic rings. The fourth-order valence-electron chi connectivity index (χ4n) is 2.80. The second-order valence-electron chi connectivity index (χ2n) is 5.58. The van der Waals surface area contributed by atoms with Crippen molar-refractivity contribution in [3.8, 4) is 5.75 Å². The van der Waals surface area contributed by atoms with E-state index in [9.17, 15) is 4.79 Å². The van der Waals surface area contributed by atoms with E-state index >= 15 is 0 Å². The number of fused-ring (bicyclic) bond motifs is 1. The molecule has 130 valence electrons. The lowest BCUT2D eigenvalue weighted by atomic mass is 10.1. The number of pyridine rings is 1. The van der Waals surface area contributed by atoms with E-state index in [-0.39, 0.29) is 5.91 Å². The van der Waals surface area contributed by atoms with Crippen molar-refractivity contribution in [2.24, 2.45) is 0 Å². The van der Waals surface area contributed by atoms with E-state index < -0.39 is 0 Å². The zero-order valence-electron chi connectivity index (χ0n) is 14.5. The number of hydrogen-bond donors (Lipinski definition) is 2. The van der Waals surface area contributed by atoms with Gasteiger partial charge in [-0.05, 0) is 24.6 Å². The molecule has 25 heavy (non-hydrogen) atoms. The van der Waals surface area contributed by atoms with Gasteiger partial charge in [0.25, 0.3) is 5.91 Å². The molecule has 7 heteroatoms. The molecule has 3 rings (SSSR count).